The van der Waals surface area contributed by atoms with E-state index in [4.69, 9.17) is 9.84 Å². The summed E-state index contributed by atoms with van der Waals surface area (Å²) in [4.78, 5) is 34.6. The molecular formula is C20H28N2O5. The molecule has 7 heteroatoms. The molecule has 1 aliphatic rings. The molecule has 7 nitrogen and oxygen atoms in total. The van der Waals surface area contributed by atoms with Crippen LogP contribution in [0.2, 0.25) is 0 Å². The molecule has 3 N–H and O–H groups in total. The van der Waals surface area contributed by atoms with Gasteiger partial charge in [0.05, 0.1) is 12.5 Å². The number of carbonyl (C=O) groups is 3. The van der Waals surface area contributed by atoms with Crippen LogP contribution in [0.15, 0.2) is 24.3 Å². The molecule has 148 valence electrons. The van der Waals surface area contributed by atoms with Gasteiger partial charge in [-0.25, -0.2) is 0 Å². The molecule has 1 aliphatic carbocycles. The summed E-state index contributed by atoms with van der Waals surface area (Å²) in [6, 6.07) is 6.92. The van der Waals surface area contributed by atoms with Gasteiger partial charge in [0.25, 0.3) is 5.91 Å². The van der Waals surface area contributed by atoms with Crippen molar-refractivity contribution in [3.05, 3.63) is 29.8 Å². The predicted octanol–water partition coefficient (Wildman–Crippen LogP) is 2.50. The number of carboxylic acid groups (broad SMARTS) is 1. The van der Waals surface area contributed by atoms with Crippen molar-refractivity contribution in [2.45, 2.75) is 64.1 Å². The van der Waals surface area contributed by atoms with Crippen LogP contribution in [-0.2, 0) is 25.5 Å². The number of nitrogens with one attached hydrogen (secondary N) is 2. The highest BCUT2D eigenvalue weighted by molar-refractivity contribution is 5.94. The smallest absolute Gasteiger partial charge is 0.322 e. The molecule has 0 spiro atoms. The highest BCUT2D eigenvalue weighted by Crippen LogP contribution is 2.22. The summed E-state index contributed by atoms with van der Waals surface area (Å²) in [6.45, 7) is 1.54. The van der Waals surface area contributed by atoms with Crippen molar-refractivity contribution in [2.24, 2.45) is 0 Å². The lowest BCUT2D eigenvalue weighted by atomic mass is 9.97. The van der Waals surface area contributed by atoms with Crippen molar-refractivity contribution in [3.63, 3.8) is 0 Å². The average molecular weight is 376 g/mol. The van der Waals surface area contributed by atoms with Crippen molar-refractivity contribution in [3.8, 4) is 0 Å². The van der Waals surface area contributed by atoms with Gasteiger partial charge >= 0.3 is 5.97 Å². The van der Waals surface area contributed by atoms with E-state index in [0.29, 0.717) is 12.1 Å². The van der Waals surface area contributed by atoms with E-state index in [9.17, 15) is 14.4 Å². The Kier molecular flexibility index (Phi) is 8.26. The third-order valence-electron chi connectivity index (χ3n) is 4.60. The zero-order valence-corrected chi connectivity index (χ0v) is 15.7. The van der Waals surface area contributed by atoms with Crippen molar-refractivity contribution in [2.75, 3.05) is 11.9 Å². The number of ether oxygens (including phenoxy) is 1. The van der Waals surface area contributed by atoms with E-state index in [1.165, 1.54) is 6.42 Å². The molecular weight excluding hydrogens is 348 g/mol. The first-order chi connectivity index (χ1) is 13.0. The van der Waals surface area contributed by atoms with E-state index in [1.54, 1.807) is 24.3 Å². The largest absolute Gasteiger partial charge is 0.480 e. The van der Waals surface area contributed by atoms with Crippen LogP contribution in [0.25, 0.3) is 0 Å². The Morgan fingerprint density at radius 1 is 1.15 bits per heavy atom. The third-order valence-corrected chi connectivity index (χ3v) is 4.60. The molecule has 2 rings (SSSR count). The Balaban J connectivity index is 1.83. The Hall–Kier alpha value is -2.41. The lowest BCUT2D eigenvalue weighted by Crippen LogP contribution is -2.34. The van der Waals surface area contributed by atoms with Gasteiger partial charge in [0, 0.05) is 5.69 Å². The number of aliphatic carboxylic acids is 1. The number of benzene rings is 1. The summed E-state index contributed by atoms with van der Waals surface area (Å²) in [5.41, 5.74) is 1.38. The number of carbonyl (C=O) groups excluding carboxylic acids is 2. The van der Waals surface area contributed by atoms with Gasteiger partial charge in [0.1, 0.15) is 12.6 Å². The number of hydrogen-bond donors (Lipinski definition) is 3. The van der Waals surface area contributed by atoms with Crippen molar-refractivity contribution < 1.29 is 24.2 Å². The van der Waals surface area contributed by atoms with Crippen LogP contribution in [0.5, 0.6) is 0 Å². The van der Waals surface area contributed by atoms with E-state index in [-0.39, 0.29) is 24.3 Å². The third kappa shape index (κ3) is 7.38. The van der Waals surface area contributed by atoms with Crippen LogP contribution in [-0.4, -0.2) is 41.6 Å². The second kappa shape index (κ2) is 10.7. The first kappa shape index (κ1) is 20.9. The number of rotatable bonds is 9. The van der Waals surface area contributed by atoms with Crippen LogP contribution in [0.3, 0.4) is 0 Å². The van der Waals surface area contributed by atoms with Gasteiger partial charge in [0.2, 0.25) is 5.91 Å². The van der Waals surface area contributed by atoms with E-state index in [2.05, 4.69) is 10.6 Å². The molecule has 0 radical (unpaired) electrons. The minimum absolute atomic E-state index is 0.0872. The molecule has 0 aliphatic heterocycles. The monoisotopic (exact) mass is 376 g/mol. The normalized spacial score (nSPS) is 15.7. The fourth-order valence-corrected chi connectivity index (χ4v) is 3.13. The maximum absolute atomic E-state index is 12.5. The summed E-state index contributed by atoms with van der Waals surface area (Å²) in [6.07, 6.45) is 5.99. The van der Waals surface area contributed by atoms with Crippen molar-refractivity contribution >= 4 is 23.5 Å². The average Bonchev–Trinajstić information content (AvgIpc) is 2.66. The van der Waals surface area contributed by atoms with Crippen LogP contribution in [0, 0.1) is 0 Å². The molecule has 1 aromatic carbocycles. The molecule has 0 saturated heterocycles. The molecule has 1 fully saturated rings. The van der Waals surface area contributed by atoms with Gasteiger partial charge in [-0.05, 0) is 37.0 Å². The van der Waals surface area contributed by atoms with Gasteiger partial charge in [-0.2, -0.15) is 0 Å². The zero-order valence-electron chi connectivity index (χ0n) is 15.7. The highest BCUT2D eigenvalue weighted by Gasteiger charge is 2.23. The second-order valence-electron chi connectivity index (χ2n) is 6.83. The Bertz CT molecular complexity index is 638. The Morgan fingerprint density at radius 2 is 1.81 bits per heavy atom. The van der Waals surface area contributed by atoms with Gasteiger partial charge in [0.15, 0.2) is 0 Å². The standard InChI is InChI=1S/C20H28N2O5/c1-2-17(27-16-6-4-3-5-7-16)20(26)22-15-10-8-14(9-11-15)12-18(23)21-13-19(24)25/h8-11,16-17H,2-7,12-13H2,1H3,(H,21,23)(H,22,26)(H,24,25). The van der Waals surface area contributed by atoms with Crippen molar-refractivity contribution in [1.29, 1.82) is 0 Å². The summed E-state index contributed by atoms with van der Waals surface area (Å²) < 4.78 is 5.98. The van der Waals surface area contributed by atoms with E-state index < -0.39 is 18.6 Å². The molecule has 27 heavy (non-hydrogen) atoms. The molecule has 0 bridgehead atoms. The topological polar surface area (TPSA) is 105 Å². The van der Waals surface area contributed by atoms with Crippen LogP contribution >= 0.6 is 0 Å². The Labute approximate surface area is 159 Å². The maximum Gasteiger partial charge on any atom is 0.322 e. The first-order valence-corrected chi connectivity index (χ1v) is 9.51. The van der Waals surface area contributed by atoms with Crippen LogP contribution in [0.1, 0.15) is 51.0 Å². The maximum atomic E-state index is 12.5. The first-order valence-electron chi connectivity index (χ1n) is 9.51. The van der Waals surface area contributed by atoms with Crippen molar-refractivity contribution in [1.82, 2.24) is 5.32 Å². The molecule has 0 aromatic heterocycles. The van der Waals surface area contributed by atoms with E-state index >= 15 is 0 Å². The lowest BCUT2D eigenvalue weighted by molar-refractivity contribution is -0.137. The molecule has 0 heterocycles. The highest BCUT2D eigenvalue weighted by atomic mass is 16.5. The van der Waals surface area contributed by atoms with E-state index in [0.717, 1.165) is 31.2 Å². The number of anilines is 1. The van der Waals surface area contributed by atoms with E-state index in [1.807, 2.05) is 6.92 Å². The SMILES string of the molecule is CCC(OC1CCCCC1)C(=O)Nc1ccc(CC(=O)NCC(=O)O)cc1. The molecule has 1 aromatic rings. The number of hydrogen-bond acceptors (Lipinski definition) is 4. The summed E-state index contributed by atoms with van der Waals surface area (Å²) >= 11 is 0. The lowest BCUT2D eigenvalue weighted by Gasteiger charge is -2.26. The Morgan fingerprint density at radius 3 is 2.41 bits per heavy atom. The quantitative estimate of drug-likeness (QED) is 0.614. The fourth-order valence-electron chi connectivity index (χ4n) is 3.13. The minimum Gasteiger partial charge on any atom is -0.480 e. The zero-order chi connectivity index (χ0) is 19.6. The summed E-state index contributed by atoms with van der Waals surface area (Å²) in [5, 5.41) is 13.7. The molecule has 1 saturated carbocycles. The second-order valence-corrected chi connectivity index (χ2v) is 6.83. The number of amides is 2. The number of carboxylic acids is 1. The van der Waals surface area contributed by atoms with Crippen LogP contribution in [0.4, 0.5) is 5.69 Å². The predicted molar refractivity (Wildman–Crippen MR) is 101 cm³/mol. The molecule has 1 atom stereocenters. The minimum atomic E-state index is -1.08. The van der Waals surface area contributed by atoms with Crippen LogP contribution < -0.4 is 10.6 Å². The summed E-state index contributed by atoms with van der Waals surface area (Å²) in [7, 11) is 0. The van der Waals surface area contributed by atoms with Gasteiger partial charge < -0.3 is 20.5 Å². The molecule has 2 amide bonds. The summed E-state index contributed by atoms with van der Waals surface area (Å²) in [5.74, 6) is -1.60. The van der Waals surface area contributed by atoms with Gasteiger partial charge in [-0.1, -0.05) is 38.3 Å². The van der Waals surface area contributed by atoms with Gasteiger partial charge in [-0.15, -0.1) is 0 Å². The van der Waals surface area contributed by atoms with Gasteiger partial charge in [-0.3, -0.25) is 14.4 Å². The fraction of sp³-hybridized carbons (Fsp3) is 0.550. The molecule has 1 unspecified atom stereocenters.